The van der Waals surface area contributed by atoms with Crippen LogP contribution in [0, 0.1) is 5.92 Å². The molecule has 1 heterocycles. The van der Waals surface area contributed by atoms with Gasteiger partial charge in [0.15, 0.2) is 5.96 Å². The van der Waals surface area contributed by atoms with Gasteiger partial charge in [0.2, 0.25) is 0 Å². The Kier molecular flexibility index (Phi) is 10.3. The molecule has 5 nitrogen and oxygen atoms in total. The second-order valence-electron chi connectivity index (χ2n) is 6.40. The van der Waals surface area contributed by atoms with Crippen molar-refractivity contribution in [1.29, 1.82) is 0 Å². The van der Waals surface area contributed by atoms with Crippen molar-refractivity contribution in [2.45, 2.75) is 66.1 Å². The van der Waals surface area contributed by atoms with E-state index >= 15 is 0 Å². The van der Waals surface area contributed by atoms with E-state index in [1.165, 1.54) is 0 Å². The van der Waals surface area contributed by atoms with Crippen molar-refractivity contribution in [2.75, 3.05) is 39.4 Å². The van der Waals surface area contributed by atoms with Crippen LogP contribution in [0.1, 0.15) is 53.9 Å². The summed E-state index contributed by atoms with van der Waals surface area (Å²) < 4.78 is 11.5. The molecule has 23 heavy (non-hydrogen) atoms. The van der Waals surface area contributed by atoms with E-state index in [-0.39, 0.29) is 0 Å². The zero-order valence-corrected chi connectivity index (χ0v) is 15.8. The molecule has 1 N–H and O–H groups in total. The second-order valence-corrected chi connectivity index (χ2v) is 6.40. The van der Waals surface area contributed by atoms with Gasteiger partial charge in [-0.25, -0.2) is 0 Å². The van der Waals surface area contributed by atoms with Crippen LogP contribution in [-0.4, -0.2) is 62.5 Å². The number of hydrogen-bond acceptors (Lipinski definition) is 3. The number of hydrogen-bond donors (Lipinski definition) is 1. The maximum atomic E-state index is 5.81. The summed E-state index contributed by atoms with van der Waals surface area (Å²) in [6.45, 7) is 16.0. The molecule has 1 fully saturated rings. The standard InChI is InChI=1S/C18H37N3O2/c1-6-19-18(20-12-9-17(15(4)5)23-8-3)21-13-10-16(11-14-21)22-7-2/h15-17H,6-14H2,1-5H3,(H,19,20). The molecule has 0 aliphatic carbocycles. The fourth-order valence-corrected chi connectivity index (χ4v) is 3.02. The van der Waals surface area contributed by atoms with Crippen LogP contribution in [0.4, 0.5) is 0 Å². The van der Waals surface area contributed by atoms with Gasteiger partial charge >= 0.3 is 0 Å². The summed E-state index contributed by atoms with van der Waals surface area (Å²) >= 11 is 0. The van der Waals surface area contributed by atoms with Crippen molar-refractivity contribution < 1.29 is 9.47 Å². The molecule has 1 atom stereocenters. The van der Waals surface area contributed by atoms with Crippen molar-refractivity contribution in [3.8, 4) is 0 Å². The number of nitrogens with one attached hydrogen (secondary N) is 1. The highest BCUT2D eigenvalue weighted by Crippen LogP contribution is 2.14. The molecule has 0 aromatic carbocycles. The van der Waals surface area contributed by atoms with Crippen LogP contribution >= 0.6 is 0 Å². The van der Waals surface area contributed by atoms with Gasteiger partial charge in [-0.1, -0.05) is 13.8 Å². The number of rotatable bonds is 9. The van der Waals surface area contributed by atoms with Crippen LogP contribution < -0.4 is 5.32 Å². The summed E-state index contributed by atoms with van der Waals surface area (Å²) in [5.41, 5.74) is 0. The number of nitrogens with zero attached hydrogens (tertiary/aromatic N) is 2. The lowest BCUT2D eigenvalue weighted by atomic mass is 10.0. The molecule has 0 bridgehead atoms. The van der Waals surface area contributed by atoms with Gasteiger partial charge in [-0.05, 0) is 46.0 Å². The van der Waals surface area contributed by atoms with E-state index in [1.807, 2.05) is 0 Å². The maximum Gasteiger partial charge on any atom is 0.193 e. The molecule has 1 aliphatic heterocycles. The largest absolute Gasteiger partial charge is 0.378 e. The summed E-state index contributed by atoms with van der Waals surface area (Å²) in [4.78, 5) is 7.19. The number of aliphatic imine (C=N–C) groups is 1. The molecule has 1 saturated heterocycles. The van der Waals surface area contributed by atoms with Gasteiger partial charge < -0.3 is 19.7 Å². The lowest BCUT2D eigenvalue weighted by Crippen LogP contribution is -2.47. The van der Waals surface area contributed by atoms with Crippen molar-refractivity contribution in [3.63, 3.8) is 0 Å². The maximum absolute atomic E-state index is 5.81. The van der Waals surface area contributed by atoms with Gasteiger partial charge in [-0.15, -0.1) is 0 Å². The van der Waals surface area contributed by atoms with Gasteiger partial charge in [0.05, 0.1) is 12.2 Å². The number of ether oxygens (including phenoxy) is 2. The Morgan fingerprint density at radius 3 is 2.39 bits per heavy atom. The van der Waals surface area contributed by atoms with Crippen LogP contribution in [0.2, 0.25) is 0 Å². The molecular weight excluding hydrogens is 290 g/mol. The highest BCUT2D eigenvalue weighted by atomic mass is 16.5. The van der Waals surface area contributed by atoms with E-state index in [0.717, 1.165) is 64.6 Å². The first-order chi connectivity index (χ1) is 11.1. The van der Waals surface area contributed by atoms with E-state index in [4.69, 9.17) is 14.5 Å². The molecule has 5 heteroatoms. The van der Waals surface area contributed by atoms with E-state index in [2.05, 4.69) is 44.8 Å². The predicted molar refractivity (Wildman–Crippen MR) is 97.1 cm³/mol. The summed E-state index contributed by atoms with van der Waals surface area (Å²) in [6.07, 6.45) is 3.88. The predicted octanol–water partition coefficient (Wildman–Crippen LogP) is 2.90. The third-order valence-corrected chi connectivity index (χ3v) is 4.28. The van der Waals surface area contributed by atoms with Crippen LogP contribution in [-0.2, 0) is 9.47 Å². The minimum Gasteiger partial charge on any atom is -0.378 e. The molecule has 1 unspecified atom stereocenters. The van der Waals surface area contributed by atoms with Gasteiger partial charge in [-0.2, -0.15) is 0 Å². The lowest BCUT2D eigenvalue weighted by molar-refractivity contribution is 0.0252. The number of guanidine groups is 1. The first kappa shape index (κ1) is 20.2. The zero-order chi connectivity index (χ0) is 17.1. The average molecular weight is 328 g/mol. The van der Waals surface area contributed by atoms with Crippen molar-refractivity contribution >= 4 is 5.96 Å². The first-order valence-corrected chi connectivity index (χ1v) is 9.38. The van der Waals surface area contributed by atoms with Gasteiger partial charge in [0, 0.05) is 39.4 Å². The minimum absolute atomic E-state index is 0.301. The second kappa shape index (κ2) is 11.7. The van der Waals surface area contributed by atoms with Crippen molar-refractivity contribution in [3.05, 3.63) is 0 Å². The van der Waals surface area contributed by atoms with Crippen LogP contribution in [0.15, 0.2) is 4.99 Å². The SMILES string of the molecule is CCNC(=NCCC(OCC)C(C)C)N1CCC(OCC)CC1. The van der Waals surface area contributed by atoms with E-state index < -0.39 is 0 Å². The minimum atomic E-state index is 0.301. The Morgan fingerprint density at radius 1 is 1.17 bits per heavy atom. The molecule has 0 spiro atoms. The Balaban J connectivity index is 2.50. The molecular formula is C18H37N3O2. The smallest absolute Gasteiger partial charge is 0.193 e. The van der Waals surface area contributed by atoms with E-state index in [0.29, 0.717) is 18.1 Å². The molecule has 0 saturated carbocycles. The van der Waals surface area contributed by atoms with Crippen LogP contribution in [0.25, 0.3) is 0 Å². The summed E-state index contributed by atoms with van der Waals surface area (Å²) in [5.74, 6) is 1.58. The molecule has 0 amide bonds. The summed E-state index contributed by atoms with van der Waals surface area (Å²) in [5, 5.41) is 3.43. The van der Waals surface area contributed by atoms with Gasteiger partial charge in [-0.3, -0.25) is 4.99 Å². The molecule has 0 radical (unpaired) electrons. The normalized spacial score (nSPS) is 18.5. The van der Waals surface area contributed by atoms with Crippen LogP contribution in [0.3, 0.4) is 0 Å². The highest BCUT2D eigenvalue weighted by molar-refractivity contribution is 5.80. The van der Waals surface area contributed by atoms with Crippen LogP contribution in [0.5, 0.6) is 0 Å². The monoisotopic (exact) mass is 327 g/mol. The van der Waals surface area contributed by atoms with E-state index in [9.17, 15) is 0 Å². The van der Waals surface area contributed by atoms with Gasteiger partial charge in [0.25, 0.3) is 0 Å². The van der Waals surface area contributed by atoms with Crippen molar-refractivity contribution in [1.82, 2.24) is 10.2 Å². The third-order valence-electron chi connectivity index (χ3n) is 4.28. The Labute approximate surface area is 142 Å². The summed E-state index contributed by atoms with van der Waals surface area (Å²) in [6, 6.07) is 0. The number of piperidine rings is 1. The van der Waals surface area contributed by atoms with Gasteiger partial charge in [0.1, 0.15) is 0 Å². The molecule has 1 rings (SSSR count). The zero-order valence-electron chi connectivity index (χ0n) is 15.8. The lowest BCUT2D eigenvalue weighted by Gasteiger charge is -2.34. The molecule has 0 aromatic heterocycles. The summed E-state index contributed by atoms with van der Waals surface area (Å²) in [7, 11) is 0. The Bertz CT molecular complexity index is 326. The van der Waals surface area contributed by atoms with E-state index in [1.54, 1.807) is 0 Å². The first-order valence-electron chi connectivity index (χ1n) is 9.38. The topological polar surface area (TPSA) is 46.1 Å². The molecule has 0 aromatic rings. The Hall–Kier alpha value is -0.810. The molecule has 1 aliphatic rings. The Morgan fingerprint density at radius 2 is 1.87 bits per heavy atom. The highest BCUT2D eigenvalue weighted by Gasteiger charge is 2.21. The fraction of sp³-hybridized carbons (Fsp3) is 0.944. The quantitative estimate of drug-likeness (QED) is 0.522. The third kappa shape index (κ3) is 7.53. The van der Waals surface area contributed by atoms with Crippen molar-refractivity contribution in [2.24, 2.45) is 10.9 Å². The average Bonchev–Trinajstić information content (AvgIpc) is 2.54. The molecule has 136 valence electrons. The fourth-order valence-electron chi connectivity index (χ4n) is 3.02. The number of likely N-dealkylation sites (tertiary alicyclic amines) is 1.